The maximum atomic E-state index is 13.6. The lowest BCUT2D eigenvalue weighted by atomic mass is 9.77. The number of amides is 1. The Labute approximate surface area is 152 Å². The molecule has 0 bridgehead atoms. The van der Waals surface area contributed by atoms with Crippen molar-refractivity contribution in [3.05, 3.63) is 40.6 Å². The van der Waals surface area contributed by atoms with Crippen molar-refractivity contribution >= 4 is 25.1 Å². The van der Waals surface area contributed by atoms with Crippen molar-refractivity contribution in [2.75, 3.05) is 6.54 Å². The molecule has 1 amide bonds. The van der Waals surface area contributed by atoms with Crippen molar-refractivity contribution in [2.45, 2.75) is 45.8 Å². The standard InChI is InChI=1S/C18H23BFNO5/c1-11(22)21-10-13(19-25-17(2,3)18(4,5)26-19)8-12-6-7-15(20)14(9-12)16(23)24/h6-9H,10H2,1-5H3,(H,21,22)(H,23,24). The van der Waals surface area contributed by atoms with E-state index in [0.717, 1.165) is 6.07 Å². The van der Waals surface area contributed by atoms with Crippen molar-refractivity contribution in [2.24, 2.45) is 0 Å². The third-order valence-corrected chi connectivity index (χ3v) is 4.67. The average molecular weight is 363 g/mol. The van der Waals surface area contributed by atoms with Gasteiger partial charge in [0.15, 0.2) is 0 Å². The molecule has 0 radical (unpaired) electrons. The summed E-state index contributed by atoms with van der Waals surface area (Å²) in [7, 11) is -0.717. The van der Waals surface area contributed by atoms with Gasteiger partial charge in [0.2, 0.25) is 5.91 Å². The van der Waals surface area contributed by atoms with Gasteiger partial charge in [-0.3, -0.25) is 4.79 Å². The summed E-state index contributed by atoms with van der Waals surface area (Å²) >= 11 is 0. The molecule has 6 nitrogen and oxygen atoms in total. The van der Waals surface area contributed by atoms with E-state index in [1.807, 2.05) is 27.7 Å². The maximum Gasteiger partial charge on any atom is 0.492 e. The van der Waals surface area contributed by atoms with Gasteiger partial charge in [0.1, 0.15) is 5.82 Å². The van der Waals surface area contributed by atoms with Crippen molar-refractivity contribution < 1.29 is 28.4 Å². The highest BCUT2D eigenvalue weighted by molar-refractivity contribution is 6.56. The molecule has 140 valence electrons. The fourth-order valence-corrected chi connectivity index (χ4v) is 2.43. The normalized spacial score (nSPS) is 18.7. The molecule has 0 atom stereocenters. The second-order valence-electron chi connectivity index (χ2n) is 7.26. The number of nitrogens with one attached hydrogen (secondary N) is 1. The zero-order valence-electron chi connectivity index (χ0n) is 15.6. The third-order valence-electron chi connectivity index (χ3n) is 4.67. The second-order valence-corrected chi connectivity index (χ2v) is 7.26. The van der Waals surface area contributed by atoms with E-state index in [-0.39, 0.29) is 12.5 Å². The lowest BCUT2D eigenvalue weighted by Crippen LogP contribution is -2.41. The number of aromatic carboxylic acids is 1. The molecule has 2 N–H and O–H groups in total. The molecule has 0 aliphatic carbocycles. The first-order valence-electron chi connectivity index (χ1n) is 8.26. The Morgan fingerprint density at radius 1 is 1.23 bits per heavy atom. The molecule has 1 aromatic rings. The van der Waals surface area contributed by atoms with Crippen LogP contribution in [0.15, 0.2) is 23.7 Å². The van der Waals surface area contributed by atoms with Crippen molar-refractivity contribution in [3.8, 4) is 0 Å². The van der Waals surface area contributed by atoms with Crippen LogP contribution in [0.25, 0.3) is 6.08 Å². The predicted octanol–water partition coefficient (Wildman–Crippen LogP) is 2.67. The Balaban J connectivity index is 2.39. The molecular weight excluding hydrogens is 340 g/mol. The summed E-state index contributed by atoms with van der Waals surface area (Å²) < 4.78 is 25.6. The van der Waals surface area contributed by atoms with Crippen molar-refractivity contribution in [3.63, 3.8) is 0 Å². The van der Waals surface area contributed by atoms with Crippen molar-refractivity contribution in [1.29, 1.82) is 0 Å². The van der Waals surface area contributed by atoms with Gasteiger partial charge >= 0.3 is 13.1 Å². The highest BCUT2D eigenvalue weighted by Crippen LogP contribution is 2.38. The molecule has 0 spiro atoms. The number of carbonyl (C=O) groups is 2. The van der Waals surface area contributed by atoms with Crippen molar-refractivity contribution in [1.82, 2.24) is 5.32 Å². The summed E-state index contributed by atoms with van der Waals surface area (Å²) in [5.41, 5.74) is -0.489. The van der Waals surface area contributed by atoms with Gasteiger partial charge in [-0.2, -0.15) is 0 Å². The van der Waals surface area contributed by atoms with E-state index in [1.54, 1.807) is 6.08 Å². The predicted molar refractivity (Wildman–Crippen MR) is 96.1 cm³/mol. The second kappa shape index (κ2) is 7.21. The van der Waals surface area contributed by atoms with E-state index >= 15 is 0 Å². The quantitative estimate of drug-likeness (QED) is 0.786. The first-order chi connectivity index (χ1) is 11.9. The highest BCUT2D eigenvalue weighted by atomic mass is 19.1. The van der Waals surface area contributed by atoms with Gasteiger partial charge in [0.05, 0.1) is 16.8 Å². The van der Waals surface area contributed by atoms with Crippen LogP contribution in [-0.4, -0.2) is 41.8 Å². The summed E-state index contributed by atoms with van der Waals surface area (Å²) in [6.45, 7) is 9.17. The maximum absolute atomic E-state index is 13.6. The number of rotatable bonds is 5. The summed E-state index contributed by atoms with van der Waals surface area (Å²) in [5.74, 6) is -2.39. The smallest absolute Gasteiger partial charge is 0.478 e. The summed E-state index contributed by atoms with van der Waals surface area (Å²) in [4.78, 5) is 22.4. The number of halogens is 1. The fourth-order valence-electron chi connectivity index (χ4n) is 2.43. The number of carboxylic acids is 1. The lowest BCUT2D eigenvalue weighted by molar-refractivity contribution is -0.118. The number of benzene rings is 1. The summed E-state index contributed by atoms with van der Waals surface area (Å²) in [5, 5.41) is 11.8. The molecule has 8 heteroatoms. The van der Waals surface area contributed by atoms with Gasteiger partial charge in [-0.25, -0.2) is 9.18 Å². The van der Waals surface area contributed by atoms with Crippen LogP contribution in [0.4, 0.5) is 4.39 Å². The lowest BCUT2D eigenvalue weighted by Gasteiger charge is -2.32. The minimum absolute atomic E-state index is 0.159. The molecule has 1 aromatic carbocycles. The fraction of sp³-hybridized carbons (Fsp3) is 0.444. The van der Waals surface area contributed by atoms with E-state index in [2.05, 4.69) is 5.32 Å². The molecule has 1 fully saturated rings. The topological polar surface area (TPSA) is 84.9 Å². The Hall–Kier alpha value is -2.19. The zero-order valence-corrected chi connectivity index (χ0v) is 15.6. The van der Waals surface area contributed by atoms with Crippen LogP contribution < -0.4 is 5.32 Å². The molecule has 1 aliphatic rings. The van der Waals surface area contributed by atoms with Crippen LogP contribution in [0.2, 0.25) is 0 Å². The van der Waals surface area contributed by atoms with E-state index in [4.69, 9.17) is 14.4 Å². The summed E-state index contributed by atoms with van der Waals surface area (Å²) in [6.07, 6.45) is 1.64. The van der Waals surface area contributed by atoms with Crippen LogP contribution in [0.1, 0.15) is 50.5 Å². The molecule has 1 aliphatic heterocycles. The number of hydrogen-bond acceptors (Lipinski definition) is 4. The Morgan fingerprint density at radius 3 is 2.31 bits per heavy atom. The molecule has 2 rings (SSSR count). The molecule has 1 saturated heterocycles. The van der Waals surface area contributed by atoms with Gasteiger partial charge in [0, 0.05) is 13.5 Å². The van der Waals surface area contributed by atoms with E-state index in [9.17, 15) is 14.0 Å². The monoisotopic (exact) mass is 363 g/mol. The van der Waals surface area contributed by atoms with Gasteiger partial charge < -0.3 is 19.7 Å². The third kappa shape index (κ3) is 4.31. The Kier molecular flexibility index (Phi) is 5.58. The van der Waals surface area contributed by atoms with Gasteiger partial charge in [-0.15, -0.1) is 0 Å². The average Bonchev–Trinajstić information content (AvgIpc) is 2.72. The van der Waals surface area contributed by atoms with Crippen LogP contribution >= 0.6 is 0 Å². The van der Waals surface area contributed by atoms with Gasteiger partial charge in [-0.1, -0.05) is 12.1 Å². The molecule has 0 unspecified atom stereocenters. The molecule has 1 heterocycles. The first kappa shape index (κ1) is 20.1. The van der Waals surface area contributed by atoms with Crippen LogP contribution in [-0.2, 0) is 14.1 Å². The molecular formula is C18H23BFNO5. The number of carbonyl (C=O) groups excluding carboxylic acids is 1. The van der Waals surface area contributed by atoms with Crippen LogP contribution in [0, 0.1) is 5.82 Å². The zero-order chi connectivity index (χ0) is 19.7. The molecule has 26 heavy (non-hydrogen) atoms. The van der Waals surface area contributed by atoms with Crippen LogP contribution in [0.3, 0.4) is 0 Å². The Bertz CT molecular complexity index is 744. The summed E-state index contributed by atoms with van der Waals surface area (Å²) in [6, 6.07) is 3.78. The van der Waals surface area contributed by atoms with Crippen LogP contribution in [0.5, 0.6) is 0 Å². The largest absolute Gasteiger partial charge is 0.492 e. The van der Waals surface area contributed by atoms with Gasteiger partial charge in [-0.05, 0) is 50.9 Å². The SMILES string of the molecule is CC(=O)NCC(=Cc1ccc(F)c(C(=O)O)c1)B1OC(C)(C)C(C)(C)O1. The highest BCUT2D eigenvalue weighted by Gasteiger charge is 2.52. The van der Waals surface area contributed by atoms with E-state index < -0.39 is 35.7 Å². The van der Waals surface area contributed by atoms with Gasteiger partial charge in [0.25, 0.3) is 0 Å². The minimum Gasteiger partial charge on any atom is -0.478 e. The minimum atomic E-state index is -1.35. The van der Waals surface area contributed by atoms with E-state index in [0.29, 0.717) is 11.0 Å². The number of carboxylic acid groups (broad SMARTS) is 1. The Morgan fingerprint density at radius 2 is 1.81 bits per heavy atom. The van der Waals surface area contributed by atoms with E-state index in [1.165, 1.54) is 19.1 Å². The molecule has 0 aromatic heterocycles. The molecule has 0 saturated carbocycles. The first-order valence-corrected chi connectivity index (χ1v) is 8.26. The number of hydrogen-bond donors (Lipinski definition) is 2.